The number of benzene rings is 2. The number of hydrogen-bond donors (Lipinski definition) is 2. The van der Waals surface area contributed by atoms with Gasteiger partial charge in [-0.3, -0.25) is 9.52 Å². The number of nitrogens with one attached hydrogen (secondary N) is 2. The number of carbonyl (C=O) groups excluding carboxylic acids is 1. The molecule has 0 aliphatic carbocycles. The van der Waals surface area contributed by atoms with Crippen molar-refractivity contribution in [1.29, 1.82) is 0 Å². The van der Waals surface area contributed by atoms with Crippen molar-refractivity contribution in [3.05, 3.63) is 58.7 Å². The standard InChI is InChI=1S/C19H24N2O3S/c1-12(2)20-19(22)18-11-17(9-7-14(18)4)25(23,24)21-16-8-6-13(3)15(5)10-16/h6-12,21H,1-5H3,(H,20,22). The minimum Gasteiger partial charge on any atom is -0.350 e. The molecule has 2 aromatic carbocycles. The highest BCUT2D eigenvalue weighted by molar-refractivity contribution is 7.92. The molecule has 2 rings (SSSR count). The molecule has 0 aliphatic rings. The Labute approximate surface area is 149 Å². The average molecular weight is 360 g/mol. The Bertz CT molecular complexity index is 903. The lowest BCUT2D eigenvalue weighted by Gasteiger charge is -2.13. The van der Waals surface area contributed by atoms with Crippen LogP contribution in [0.15, 0.2) is 41.3 Å². The number of amides is 1. The fourth-order valence-corrected chi connectivity index (χ4v) is 3.45. The van der Waals surface area contributed by atoms with Gasteiger partial charge >= 0.3 is 0 Å². The number of sulfonamides is 1. The molecule has 0 spiro atoms. The van der Waals surface area contributed by atoms with Crippen LogP contribution in [0.1, 0.15) is 40.9 Å². The predicted octanol–water partition coefficient (Wildman–Crippen LogP) is 3.55. The zero-order valence-electron chi connectivity index (χ0n) is 15.2. The van der Waals surface area contributed by atoms with E-state index in [-0.39, 0.29) is 16.8 Å². The molecule has 0 saturated carbocycles. The largest absolute Gasteiger partial charge is 0.350 e. The van der Waals surface area contributed by atoms with Crippen LogP contribution in [-0.4, -0.2) is 20.4 Å². The second kappa shape index (κ2) is 7.27. The predicted molar refractivity (Wildman–Crippen MR) is 101 cm³/mol. The van der Waals surface area contributed by atoms with Gasteiger partial charge in [0.05, 0.1) is 4.90 Å². The summed E-state index contributed by atoms with van der Waals surface area (Å²) >= 11 is 0. The second-order valence-corrected chi connectivity index (χ2v) is 8.19. The highest BCUT2D eigenvalue weighted by Gasteiger charge is 2.18. The molecule has 2 aromatic rings. The number of carbonyl (C=O) groups is 1. The molecule has 25 heavy (non-hydrogen) atoms. The van der Waals surface area contributed by atoms with Gasteiger partial charge in [-0.2, -0.15) is 0 Å². The van der Waals surface area contributed by atoms with Crippen LogP contribution in [0.4, 0.5) is 5.69 Å². The van der Waals surface area contributed by atoms with Crippen LogP contribution in [0.3, 0.4) is 0 Å². The normalized spacial score (nSPS) is 11.4. The van der Waals surface area contributed by atoms with Crippen molar-refractivity contribution in [1.82, 2.24) is 5.32 Å². The Morgan fingerprint density at radius 1 is 0.920 bits per heavy atom. The van der Waals surface area contributed by atoms with Gasteiger partial charge in [0.25, 0.3) is 15.9 Å². The lowest BCUT2D eigenvalue weighted by molar-refractivity contribution is 0.0942. The quantitative estimate of drug-likeness (QED) is 0.856. The highest BCUT2D eigenvalue weighted by Crippen LogP contribution is 2.21. The molecule has 0 radical (unpaired) electrons. The number of rotatable bonds is 5. The maximum Gasteiger partial charge on any atom is 0.261 e. The van der Waals surface area contributed by atoms with Crippen molar-refractivity contribution in [2.24, 2.45) is 0 Å². The third-order valence-corrected chi connectivity index (χ3v) is 5.32. The molecule has 0 unspecified atom stereocenters. The van der Waals surface area contributed by atoms with Gasteiger partial charge in [0, 0.05) is 17.3 Å². The zero-order chi connectivity index (χ0) is 18.8. The molecule has 0 aliphatic heterocycles. The Hall–Kier alpha value is -2.34. The smallest absolute Gasteiger partial charge is 0.261 e. The number of hydrogen-bond acceptors (Lipinski definition) is 3. The first-order valence-corrected chi connectivity index (χ1v) is 9.60. The van der Waals surface area contributed by atoms with Gasteiger partial charge in [-0.25, -0.2) is 8.42 Å². The van der Waals surface area contributed by atoms with E-state index in [1.54, 1.807) is 25.1 Å². The summed E-state index contributed by atoms with van der Waals surface area (Å²) < 4.78 is 27.9. The maximum absolute atomic E-state index is 12.7. The molecule has 134 valence electrons. The van der Waals surface area contributed by atoms with Gasteiger partial charge in [0.2, 0.25) is 0 Å². The van der Waals surface area contributed by atoms with Crippen LogP contribution in [0, 0.1) is 20.8 Å². The van der Waals surface area contributed by atoms with Crippen molar-refractivity contribution in [2.45, 2.75) is 45.6 Å². The Morgan fingerprint density at radius 2 is 1.56 bits per heavy atom. The molecule has 5 nitrogen and oxygen atoms in total. The first-order valence-electron chi connectivity index (χ1n) is 8.12. The summed E-state index contributed by atoms with van der Waals surface area (Å²) in [6.45, 7) is 9.38. The summed E-state index contributed by atoms with van der Waals surface area (Å²) in [5, 5.41) is 2.79. The molecule has 6 heteroatoms. The van der Waals surface area contributed by atoms with Crippen molar-refractivity contribution in [3.63, 3.8) is 0 Å². The molecular formula is C19H24N2O3S. The van der Waals surface area contributed by atoms with Gasteiger partial charge in [-0.05, 0) is 75.6 Å². The van der Waals surface area contributed by atoms with E-state index in [2.05, 4.69) is 10.0 Å². The van der Waals surface area contributed by atoms with E-state index < -0.39 is 10.0 Å². The van der Waals surface area contributed by atoms with E-state index in [1.165, 1.54) is 12.1 Å². The van der Waals surface area contributed by atoms with Gasteiger partial charge in [-0.15, -0.1) is 0 Å². The Balaban J connectivity index is 2.36. The zero-order valence-corrected chi connectivity index (χ0v) is 16.0. The van der Waals surface area contributed by atoms with Crippen LogP contribution < -0.4 is 10.0 Å². The molecule has 2 N–H and O–H groups in total. The summed E-state index contributed by atoms with van der Waals surface area (Å²) in [5.74, 6) is -0.282. The van der Waals surface area contributed by atoms with Crippen molar-refractivity contribution < 1.29 is 13.2 Å². The van der Waals surface area contributed by atoms with Crippen LogP contribution in [0.25, 0.3) is 0 Å². The fourth-order valence-electron chi connectivity index (χ4n) is 2.37. The van der Waals surface area contributed by atoms with E-state index in [9.17, 15) is 13.2 Å². The summed E-state index contributed by atoms with van der Waals surface area (Å²) in [7, 11) is -3.77. The van der Waals surface area contributed by atoms with Gasteiger partial charge in [0.1, 0.15) is 0 Å². The monoisotopic (exact) mass is 360 g/mol. The Kier molecular flexibility index (Phi) is 5.52. The molecule has 0 fully saturated rings. The SMILES string of the molecule is Cc1ccc(NS(=O)(=O)c2ccc(C)c(C(=O)NC(C)C)c2)cc1C. The van der Waals surface area contributed by atoms with Crippen molar-refractivity contribution in [2.75, 3.05) is 4.72 Å². The fraction of sp³-hybridized carbons (Fsp3) is 0.316. The van der Waals surface area contributed by atoms with Gasteiger partial charge in [-0.1, -0.05) is 12.1 Å². The second-order valence-electron chi connectivity index (χ2n) is 6.51. The van der Waals surface area contributed by atoms with Crippen LogP contribution >= 0.6 is 0 Å². The first-order chi connectivity index (χ1) is 11.6. The van der Waals surface area contributed by atoms with E-state index in [0.29, 0.717) is 11.3 Å². The topological polar surface area (TPSA) is 75.3 Å². The minimum atomic E-state index is -3.77. The lowest BCUT2D eigenvalue weighted by atomic mass is 10.1. The van der Waals surface area contributed by atoms with Crippen LogP contribution in [0.5, 0.6) is 0 Å². The summed E-state index contributed by atoms with van der Waals surface area (Å²) in [4.78, 5) is 12.3. The summed E-state index contributed by atoms with van der Waals surface area (Å²) in [6, 6.07) is 9.91. The highest BCUT2D eigenvalue weighted by atomic mass is 32.2. The van der Waals surface area contributed by atoms with E-state index >= 15 is 0 Å². The van der Waals surface area contributed by atoms with E-state index in [0.717, 1.165) is 16.7 Å². The van der Waals surface area contributed by atoms with Crippen molar-refractivity contribution in [3.8, 4) is 0 Å². The molecule has 0 heterocycles. The van der Waals surface area contributed by atoms with Crippen molar-refractivity contribution >= 4 is 21.6 Å². The number of anilines is 1. The molecule has 0 aromatic heterocycles. The van der Waals surface area contributed by atoms with E-state index in [1.807, 2.05) is 33.8 Å². The lowest BCUT2D eigenvalue weighted by Crippen LogP contribution is -2.30. The van der Waals surface area contributed by atoms with Crippen LogP contribution in [-0.2, 0) is 10.0 Å². The third kappa shape index (κ3) is 4.60. The molecule has 0 atom stereocenters. The molecule has 0 bridgehead atoms. The average Bonchev–Trinajstić information content (AvgIpc) is 2.50. The minimum absolute atomic E-state index is 0.0270. The maximum atomic E-state index is 12.7. The summed E-state index contributed by atoms with van der Waals surface area (Å²) in [5.41, 5.74) is 3.67. The van der Waals surface area contributed by atoms with E-state index in [4.69, 9.17) is 0 Å². The molecular weight excluding hydrogens is 336 g/mol. The summed E-state index contributed by atoms with van der Waals surface area (Å²) in [6.07, 6.45) is 0. The van der Waals surface area contributed by atoms with Gasteiger partial charge in [0.15, 0.2) is 0 Å². The number of aryl methyl sites for hydroxylation is 3. The Morgan fingerprint density at radius 3 is 2.16 bits per heavy atom. The first kappa shape index (κ1) is 19.0. The van der Waals surface area contributed by atoms with Gasteiger partial charge < -0.3 is 5.32 Å². The van der Waals surface area contributed by atoms with Crippen LogP contribution in [0.2, 0.25) is 0 Å². The molecule has 0 saturated heterocycles. The molecule has 1 amide bonds. The third-order valence-electron chi connectivity index (χ3n) is 3.94.